The second-order valence-corrected chi connectivity index (χ2v) is 9.31. The number of anilines is 1. The third kappa shape index (κ3) is 2.41. The number of carbonyl (C=O) groups excluding carboxylic acids is 2. The Hall–Kier alpha value is -3.75. The molecule has 1 saturated heterocycles. The van der Waals surface area contributed by atoms with Crippen molar-refractivity contribution in [3.05, 3.63) is 42.0 Å². The zero-order valence-corrected chi connectivity index (χ0v) is 18.6. The SMILES string of the molecule is COc1ccc(C2=NO[C@H]3[C@H]4C[C@@H]([C@@H]23)[C@@H]2C(=O)N(c3ccc5c(c3)OCO5)C(=O)[C@H]42)cc1OC. The number of fused-ring (bicyclic) bond motifs is 9. The van der Waals surface area contributed by atoms with Crippen LogP contribution < -0.4 is 23.8 Å². The van der Waals surface area contributed by atoms with Crippen LogP contribution in [-0.2, 0) is 14.4 Å². The molecule has 3 aliphatic heterocycles. The Morgan fingerprint density at radius 1 is 0.882 bits per heavy atom. The summed E-state index contributed by atoms with van der Waals surface area (Å²) in [5.74, 6) is 1.21. The van der Waals surface area contributed by atoms with E-state index in [0.717, 1.165) is 17.7 Å². The summed E-state index contributed by atoms with van der Waals surface area (Å²) in [7, 11) is 3.18. The van der Waals surface area contributed by atoms with E-state index in [1.54, 1.807) is 32.4 Å². The van der Waals surface area contributed by atoms with Gasteiger partial charge in [0.15, 0.2) is 23.0 Å². The average molecular weight is 462 g/mol. The van der Waals surface area contributed by atoms with Crippen molar-refractivity contribution >= 4 is 23.2 Å². The van der Waals surface area contributed by atoms with Crippen LogP contribution in [0.3, 0.4) is 0 Å². The highest BCUT2D eigenvalue weighted by molar-refractivity contribution is 6.23. The smallest absolute Gasteiger partial charge is 0.238 e. The quantitative estimate of drug-likeness (QED) is 0.645. The fourth-order valence-electron chi connectivity index (χ4n) is 6.64. The lowest BCUT2D eigenvalue weighted by atomic mass is 9.71. The van der Waals surface area contributed by atoms with E-state index in [9.17, 15) is 9.59 Å². The maximum atomic E-state index is 13.6. The molecular formula is C25H22N2O7. The summed E-state index contributed by atoms with van der Waals surface area (Å²) >= 11 is 0. The molecule has 3 fully saturated rings. The summed E-state index contributed by atoms with van der Waals surface area (Å²) in [5, 5.41) is 4.41. The summed E-state index contributed by atoms with van der Waals surface area (Å²) in [6.45, 7) is 0.134. The number of oxime groups is 1. The molecule has 0 N–H and O–H groups in total. The third-order valence-electron chi connectivity index (χ3n) is 7.98. The van der Waals surface area contributed by atoms with Gasteiger partial charge in [0, 0.05) is 23.5 Å². The van der Waals surface area contributed by atoms with Crippen molar-refractivity contribution in [2.75, 3.05) is 25.9 Å². The highest BCUT2D eigenvalue weighted by atomic mass is 16.7. The zero-order valence-electron chi connectivity index (χ0n) is 18.6. The van der Waals surface area contributed by atoms with Crippen molar-refractivity contribution in [3.63, 3.8) is 0 Å². The summed E-state index contributed by atoms with van der Waals surface area (Å²) in [4.78, 5) is 34.3. The Labute approximate surface area is 195 Å². The molecule has 9 nitrogen and oxygen atoms in total. The van der Waals surface area contributed by atoms with Gasteiger partial charge in [-0.15, -0.1) is 0 Å². The first-order valence-electron chi connectivity index (χ1n) is 11.3. The van der Waals surface area contributed by atoms with Gasteiger partial charge in [-0.25, -0.2) is 4.90 Å². The second-order valence-electron chi connectivity index (χ2n) is 9.31. The van der Waals surface area contributed by atoms with E-state index in [1.807, 2.05) is 18.2 Å². The topological polar surface area (TPSA) is 95.9 Å². The van der Waals surface area contributed by atoms with E-state index in [-0.39, 0.29) is 54.3 Å². The summed E-state index contributed by atoms with van der Waals surface area (Å²) in [6, 6.07) is 10.8. The Balaban J connectivity index is 1.21. The van der Waals surface area contributed by atoms with Crippen LogP contribution in [0.15, 0.2) is 41.6 Å². The molecule has 2 aliphatic carbocycles. The minimum atomic E-state index is -0.385. The van der Waals surface area contributed by atoms with E-state index in [1.165, 1.54) is 4.90 Å². The molecule has 7 rings (SSSR count). The zero-order chi connectivity index (χ0) is 23.1. The van der Waals surface area contributed by atoms with Gasteiger partial charge < -0.3 is 23.8 Å². The van der Waals surface area contributed by atoms with Gasteiger partial charge in [0.2, 0.25) is 18.6 Å². The molecule has 34 heavy (non-hydrogen) atoms. The first kappa shape index (κ1) is 19.7. The predicted octanol–water partition coefficient (Wildman–Crippen LogP) is 2.61. The van der Waals surface area contributed by atoms with Crippen molar-refractivity contribution in [1.29, 1.82) is 0 Å². The number of nitrogens with zero attached hydrogens (tertiary/aromatic N) is 2. The third-order valence-corrected chi connectivity index (χ3v) is 7.98. The molecule has 3 heterocycles. The number of carbonyl (C=O) groups is 2. The fourth-order valence-corrected chi connectivity index (χ4v) is 6.64. The average Bonchev–Trinajstić information content (AvgIpc) is 3.65. The maximum absolute atomic E-state index is 13.6. The van der Waals surface area contributed by atoms with Gasteiger partial charge in [0.1, 0.15) is 6.10 Å². The number of hydrogen-bond acceptors (Lipinski definition) is 8. The molecule has 5 aliphatic rings. The van der Waals surface area contributed by atoms with Gasteiger partial charge in [-0.2, -0.15) is 0 Å². The number of imide groups is 1. The number of hydrogen-bond donors (Lipinski definition) is 0. The fraction of sp³-hybridized carbons (Fsp3) is 0.400. The minimum Gasteiger partial charge on any atom is -0.493 e. The Bertz CT molecular complexity index is 1270. The van der Waals surface area contributed by atoms with Crippen molar-refractivity contribution in [2.45, 2.75) is 12.5 Å². The molecule has 0 aromatic heterocycles. The maximum Gasteiger partial charge on any atom is 0.238 e. The monoisotopic (exact) mass is 462 g/mol. The number of benzene rings is 2. The summed E-state index contributed by atoms with van der Waals surface area (Å²) in [6.07, 6.45) is 0.575. The van der Waals surface area contributed by atoms with Crippen LogP contribution in [0.2, 0.25) is 0 Å². The highest BCUT2D eigenvalue weighted by Crippen LogP contribution is 2.62. The van der Waals surface area contributed by atoms with Crippen LogP contribution in [0.4, 0.5) is 5.69 Å². The molecule has 174 valence electrons. The van der Waals surface area contributed by atoms with Gasteiger partial charge in [0.05, 0.1) is 37.5 Å². The number of methoxy groups -OCH3 is 2. The van der Waals surface area contributed by atoms with Crippen LogP contribution in [0.5, 0.6) is 23.0 Å². The first-order valence-corrected chi connectivity index (χ1v) is 11.3. The standard InChI is InChI=1S/C25H22N2O7/c1-30-15-5-3-11(7-17(15)31-2)22-21-13-9-14(23(21)34-26-22)20-19(13)24(28)27(25(20)29)12-4-6-16-18(8-12)33-10-32-16/h3-8,13-14,19-21,23H,9-10H2,1-2H3/t13-,14+,19+,20-,21+,23+/m1/s1. The van der Waals surface area contributed by atoms with Crippen LogP contribution in [-0.4, -0.2) is 44.6 Å². The Morgan fingerprint density at radius 3 is 2.44 bits per heavy atom. The molecule has 9 heteroatoms. The number of rotatable bonds is 4. The van der Waals surface area contributed by atoms with Crippen LogP contribution in [0.1, 0.15) is 12.0 Å². The lowest BCUT2D eigenvalue weighted by molar-refractivity contribution is -0.125. The number of ether oxygens (including phenoxy) is 4. The Kier molecular flexibility index (Phi) is 3.99. The van der Waals surface area contributed by atoms with E-state index in [4.69, 9.17) is 23.8 Å². The lowest BCUT2D eigenvalue weighted by Crippen LogP contribution is -2.41. The molecule has 6 atom stereocenters. The predicted molar refractivity (Wildman–Crippen MR) is 118 cm³/mol. The van der Waals surface area contributed by atoms with Gasteiger partial charge in [-0.05, 0) is 42.7 Å². The molecule has 0 unspecified atom stereocenters. The molecule has 2 aromatic carbocycles. The molecule has 2 bridgehead atoms. The summed E-state index contributed by atoms with van der Waals surface area (Å²) < 4.78 is 21.6. The number of amides is 2. The molecule has 0 radical (unpaired) electrons. The van der Waals surface area contributed by atoms with Crippen molar-refractivity contribution in [3.8, 4) is 23.0 Å². The van der Waals surface area contributed by atoms with Gasteiger partial charge in [-0.1, -0.05) is 5.16 Å². The van der Waals surface area contributed by atoms with Gasteiger partial charge in [0.25, 0.3) is 0 Å². The van der Waals surface area contributed by atoms with E-state index in [0.29, 0.717) is 28.7 Å². The van der Waals surface area contributed by atoms with Crippen LogP contribution in [0, 0.1) is 29.6 Å². The van der Waals surface area contributed by atoms with E-state index < -0.39 is 0 Å². The minimum absolute atomic E-state index is 0.00944. The van der Waals surface area contributed by atoms with E-state index >= 15 is 0 Å². The van der Waals surface area contributed by atoms with Gasteiger partial charge in [-0.3, -0.25) is 9.59 Å². The van der Waals surface area contributed by atoms with Crippen molar-refractivity contribution < 1.29 is 33.4 Å². The molecule has 2 saturated carbocycles. The van der Waals surface area contributed by atoms with Crippen molar-refractivity contribution in [1.82, 2.24) is 0 Å². The molecule has 0 spiro atoms. The molecule has 2 aromatic rings. The summed E-state index contributed by atoms with van der Waals surface area (Å²) in [5.41, 5.74) is 2.20. The lowest BCUT2D eigenvalue weighted by Gasteiger charge is -2.29. The Morgan fingerprint density at radius 2 is 1.65 bits per heavy atom. The van der Waals surface area contributed by atoms with Crippen LogP contribution in [0.25, 0.3) is 0 Å². The van der Waals surface area contributed by atoms with Crippen molar-refractivity contribution in [2.24, 2.45) is 34.7 Å². The van der Waals surface area contributed by atoms with E-state index in [2.05, 4.69) is 5.16 Å². The van der Waals surface area contributed by atoms with Gasteiger partial charge >= 0.3 is 0 Å². The van der Waals surface area contributed by atoms with Crippen LogP contribution >= 0.6 is 0 Å². The molecule has 2 amide bonds. The largest absolute Gasteiger partial charge is 0.493 e. The highest BCUT2D eigenvalue weighted by Gasteiger charge is 2.70. The normalized spacial score (nSPS) is 31.9. The molecular weight excluding hydrogens is 440 g/mol. The first-order chi connectivity index (χ1) is 16.6. The second kappa shape index (κ2) is 6.88.